The second-order valence-corrected chi connectivity index (χ2v) is 8.40. The van der Waals surface area contributed by atoms with Crippen molar-refractivity contribution in [3.63, 3.8) is 0 Å². The largest absolute Gasteiger partial charge is 0.507 e. The van der Waals surface area contributed by atoms with Crippen LogP contribution in [0, 0.1) is 6.92 Å². The molecule has 170 valence electrons. The van der Waals surface area contributed by atoms with Crippen LogP contribution >= 0.6 is 11.3 Å². The highest BCUT2D eigenvalue weighted by atomic mass is 32.1. The molecule has 0 radical (unpaired) electrons. The minimum absolute atomic E-state index is 0.0225. The first-order valence-electron chi connectivity index (χ1n) is 10.5. The van der Waals surface area contributed by atoms with Crippen molar-refractivity contribution >= 4 is 33.9 Å². The first kappa shape index (κ1) is 22.5. The summed E-state index contributed by atoms with van der Waals surface area (Å²) in [5, 5.41) is 20.2. The number of ether oxygens (including phenoxy) is 2. The number of aromatic nitrogens is 2. The normalized spacial score (nSPS) is 17.4. The fourth-order valence-corrected chi connectivity index (χ4v) is 4.42. The van der Waals surface area contributed by atoms with Crippen LogP contribution in [0.1, 0.15) is 36.0 Å². The molecular formula is C24H23N3O5S. The predicted molar refractivity (Wildman–Crippen MR) is 125 cm³/mol. The van der Waals surface area contributed by atoms with Crippen molar-refractivity contribution in [3.05, 3.63) is 70.2 Å². The fraction of sp³-hybridized carbons (Fsp3) is 0.250. The third-order valence-corrected chi connectivity index (χ3v) is 5.93. The Morgan fingerprint density at radius 3 is 2.36 bits per heavy atom. The van der Waals surface area contributed by atoms with Gasteiger partial charge < -0.3 is 14.6 Å². The molecule has 1 unspecified atom stereocenters. The molecule has 8 nitrogen and oxygen atoms in total. The van der Waals surface area contributed by atoms with Crippen molar-refractivity contribution in [2.45, 2.75) is 26.8 Å². The van der Waals surface area contributed by atoms with Gasteiger partial charge in [-0.3, -0.25) is 14.5 Å². The first-order valence-corrected chi connectivity index (χ1v) is 11.3. The molecule has 9 heteroatoms. The summed E-state index contributed by atoms with van der Waals surface area (Å²) in [5.74, 6) is -0.603. The van der Waals surface area contributed by atoms with Crippen LogP contribution in [0.25, 0.3) is 5.76 Å². The number of rotatable bonds is 7. The molecule has 4 rings (SSSR count). The number of amides is 1. The number of benzene rings is 2. The highest BCUT2D eigenvalue weighted by Crippen LogP contribution is 2.43. The second kappa shape index (κ2) is 9.41. The molecule has 1 aliphatic heterocycles. The number of carbonyl (C=O) groups is 2. The Labute approximate surface area is 195 Å². The van der Waals surface area contributed by atoms with Gasteiger partial charge in [-0.25, -0.2) is 0 Å². The number of Topliss-reactive ketones (excluding diaryl/α,β-unsaturated/α-hetero) is 1. The average molecular weight is 466 g/mol. The molecule has 1 saturated heterocycles. The lowest BCUT2D eigenvalue weighted by atomic mass is 9.95. The van der Waals surface area contributed by atoms with Crippen LogP contribution < -0.4 is 14.4 Å². The summed E-state index contributed by atoms with van der Waals surface area (Å²) in [6.45, 7) is 6.48. The van der Waals surface area contributed by atoms with E-state index in [0.717, 1.165) is 0 Å². The Morgan fingerprint density at radius 1 is 1.03 bits per heavy atom. The summed E-state index contributed by atoms with van der Waals surface area (Å²) in [6, 6.07) is 12.9. The van der Waals surface area contributed by atoms with Crippen LogP contribution in [-0.4, -0.2) is 40.2 Å². The van der Waals surface area contributed by atoms with Crippen molar-refractivity contribution in [2.24, 2.45) is 0 Å². The van der Waals surface area contributed by atoms with E-state index in [2.05, 4.69) is 10.2 Å². The summed E-state index contributed by atoms with van der Waals surface area (Å²) < 4.78 is 11.1. The van der Waals surface area contributed by atoms with Crippen molar-refractivity contribution in [2.75, 3.05) is 18.1 Å². The molecule has 3 aromatic rings. The lowest BCUT2D eigenvalue weighted by Crippen LogP contribution is -2.29. The summed E-state index contributed by atoms with van der Waals surface area (Å²) >= 11 is 1.20. The minimum Gasteiger partial charge on any atom is -0.507 e. The monoisotopic (exact) mass is 465 g/mol. The maximum Gasteiger partial charge on any atom is 0.301 e. The maximum atomic E-state index is 13.2. The SMILES string of the molecule is CCOc1ccc(/C(O)=C2\C(=O)C(=O)N(c3nnc(C)s3)C2c2cccc(OCC)c2)cc1. The standard InChI is InChI=1S/C24H23N3O5S/c1-4-31-17-11-9-15(10-12-17)21(28)19-20(16-7-6-8-18(13-16)32-5-2)27(23(30)22(19)29)24-26-25-14(3)33-24/h6-13,20,28H,4-5H2,1-3H3/b21-19+. The molecule has 1 amide bonds. The second-order valence-electron chi connectivity index (χ2n) is 7.24. The zero-order chi connectivity index (χ0) is 23.5. The van der Waals surface area contributed by atoms with Gasteiger partial charge >= 0.3 is 5.91 Å². The van der Waals surface area contributed by atoms with Crippen LogP contribution in [0.4, 0.5) is 5.13 Å². The fourth-order valence-electron chi connectivity index (χ4n) is 3.70. The Kier molecular flexibility index (Phi) is 6.41. The molecule has 2 aromatic carbocycles. The van der Waals surface area contributed by atoms with Crippen LogP contribution in [0.15, 0.2) is 54.1 Å². The summed E-state index contributed by atoms with van der Waals surface area (Å²) in [4.78, 5) is 27.6. The molecule has 1 aromatic heterocycles. The lowest BCUT2D eigenvalue weighted by molar-refractivity contribution is -0.132. The quantitative estimate of drug-likeness (QED) is 0.316. The van der Waals surface area contributed by atoms with E-state index in [1.807, 2.05) is 13.8 Å². The number of nitrogens with zero attached hydrogens (tertiary/aromatic N) is 3. The molecule has 0 saturated carbocycles. The van der Waals surface area contributed by atoms with E-state index in [4.69, 9.17) is 9.47 Å². The van der Waals surface area contributed by atoms with Gasteiger partial charge in [0.15, 0.2) is 0 Å². The van der Waals surface area contributed by atoms with Gasteiger partial charge in [0.1, 0.15) is 22.3 Å². The summed E-state index contributed by atoms with van der Waals surface area (Å²) in [6.07, 6.45) is 0. The van der Waals surface area contributed by atoms with E-state index in [1.165, 1.54) is 16.2 Å². The highest BCUT2D eigenvalue weighted by molar-refractivity contribution is 7.15. The van der Waals surface area contributed by atoms with E-state index in [0.29, 0.717) is 40.8 Å². The molecule has 1 fully saturated rings. The van der Waals surface area contributed by atoms with Gasteiger partial charge in [0.25, 0.3) is 5.78 Å². The Bertz CT molecular complexity index is 1220. The molecule has 1 atom stereocenters. The number of carbonyl (C=O) groups excluding carboxylic acids is 2. The van der Waals surface area contributed by atoms with Gasteiger partial charge in [0, 0.05) is 5.56 Å². The number of hydrogen-bond donors (Lipinski definition) is 1. The van der Waals surface area contributed by atoms with Crippen molar-refractivity contribution in [3.8, 4) is 11.5 Å². The third-order valence-electron chi connectivity index (χ3n) is 5.09. The Morgan fingerprint density at radius 2 is 1.73 bits per heavy atom. The van der Waals surface area contributed by atoms with Crippen LogP contribution in [0.2, 0.25) is 0 Å². The summed E-state index contributed by atoms with van der Waals surface area (Å²) in [5.41, 5.74) is 0.988. The van der Waals surface area contributed by atoms with Crippen LogP contribution in [-0.2, 0) is 9.59 Å². The summed E-state index contributed by atoms with van der Waals surface area (Å²) in [7, 11) is 0. The van der Waals surface area contributed by atoms with Gasteiger partial charge in [0.2, 0.25) is 5.13 Å². The predicted octanol–water partition coefficient (Wildman–Crippen LogP) is 4.27. The highest BCUT2D eigenvalue weighted by Gasteiger charge is 2.48. The number of ketones is 1. The van der Waals surface area contributed by atoms with Gasteiger partial charge in [-0.1, -0.05) is 23.5 Å². The zero-order valence-corrected chi connectivity index (χ0v) is 19.3. The Balaban J connectivity index is 1.88. The van der Waals surface area contributed by atoms with Crippen LogP contribution in [0.3, 0.4) is 0 Å². The van der Waals surface area contributed by atoms with Gasteiger partial charge in [-0.15, -0.1) is 10.2 Å². The van der Waals surface area contributed by atoms with E-state index in [-0.39, 0.29) is 16.5 Å². The number of anilines is 1. The molecule has 0 spiro atoms. The molecule has 1 aliphatic rings. The van der Waals surface area contributed by atoms with E-state index < -0.39 is 17.7 Å². The molecule has 1 N–H and O–H groups in total. The number of hydrogen-bond acceptors (Lipinski definition) is 8. The average Bonchev–Trinajstić information content (AvgIpc) is 3.35. The Hall–Kier alpha value is -3.72. The van der Waals surface area contributed by atoms with Crippen molar-refractivity contribution in [1.82, 2.24) is 10.2 Å². The molecular weight excluding hydrogens is 442 g/mol. The van der Waals surface area contributed by atoms with E-state index >= 15 is 0 Å². The topological polar surface area (TPSA) is 102 Å². The van der Waals surface area contributed by atoms with Gasteiger partial charge in [-0.2, -0.15) is 0 Å². The number of aryl methyl sites for hydroxylation is 1. The molecule has 0 aliphatic carbocycles. The number of aliphatic hydroxyl groups is 1. The molecule has 0 bridgehead atoms. The van der Waals surface area contributed by atoms with Gasteiger partial charge in [0.05, 0.1) is 24.8 Å². The first-order chi connectivity index (χ1) is 15.9. The molecule has 2 heterocycles. The van der Waals surface area contributed by atoms with Crippen LogP contribution in [0.5, 0.6) is 11.5 Å². The third kappa shape index (κ3) is 4.31. The smallest absolute Gasteiger partial charge is 0.301 e. The van der Waals surface area contributed by atoms with Gasteiger partial charge in [-0.05, 0) is 62.7 Å². The minimum atomic E-state index is -0.885. The van der Waals surface area contributed by atoms with E-state index in [1.54, 1.807) is 55.5 Å². The molecule has 33 heavy (non-hydrogen) atoms. The number of aliphatic hydroxyl groups excluding tert-OH is 1. The lowest BCUT2D eigenvalue weighted by Gasteiger charge is -2.23. The van der Waals surface area contributed by atoms with E-state index in [9.17, 15) is 14.7 Å². The van der Waals surface area contributed by atoms with Crippen molar-refractivity contribution in [1.29, 1.82) is 0 Å². The maximum absolute atomic E-state index is 13.2. The zero-order valence-electron chi connectivity index (χ0n) is 18.4. The van der Waals surface area contributed by atoms with Crippen molar-refractivity contribution < 1.29 is 24.2 Å².